The minimum absolute atomic E-state index is 0.00182. The van der Waals surface area contributed by atoms with Crippen LogP contribution in [0.2, 0.25) is 0 Å². The molecule has 14 nitrogen and oxygen atoms in total. The second-order valence-corrected chi connectivity index (χ2v) is 11.8. The fourth-order valence-electron chi connectivity index (χ4n) is 4.27. The Bertz CT molecular complexity index is 1460. The van der Waals surface area contributed by atoms with E-state index in [9.17, 15) is 14.5 Å². The maximum Gasteiger partial charge on any atom is 0.459 e. The zero-order chi connectivity index (χ0) is 30.9. The first kappa shape index (κ1) is 31.7. The number of nitrogen functional groups attached to an aromatic ring is 1. The highest BCUT2D eigenvalue weighted by atomic mass is 31.2. The molecule has 0 saturated carbocycles. The van der Waals surface area contributed by atoms with Crippen LogP contribution in [0.25, 0.3) is 11.2 Å². The standard InChI is InChI=1S/C25H33F2N6O8P/c1-14(2)39-20(34)15(3)32-42(36,41-16-9-7-6-8-10-16)38-12-25(27)21(35)24(4,26)22(40-25)33-13-29-18-17(11-37-5)30-23(28)31-19(18)33/h6-10,13-15,21-22,35H,11-12H2,1-5H3,(H,32,36)(H2,28,30,31)/t15?,21-,22+,24+,25+,42-/m0/s1. The lowest BCUT2D eigenvalue weighted by atomic mass is 9.97. The minimum atomic E-state index is -4.57. The highest BCUT2D eigenvalue weighted by Crippen LogP contribution is 2.52. The Balaban J connectivity index is 1.61. The fourth-order valence-corrected chi connectivity index (χ4v) is 5.78. The number of halogens is 2. The van der Waals surface area contributed by atoms with Gasteiger partial charge in [0.25, 0.3) is 5.85 Å². The first-order valence-electron chi connectivity index (χ1n) is 12.9. The number of benzene rings is 1. The Hall–Kier alpha value is -3.27. The van der Waals surface area contributed by atoms with Gasteiger partial charge in [-0.1, -0.05) is 18.2 Å². The number of aromatic nitrogens is 4. The number of ether oxygens (including phenoxy) is 3. The average Bonchev–Trinajstić information content (AvgIpc) is 3.40. The van der Waals surface area contributed by atoms with Gasteiger partial charge in [0.05, 0.1) is 24.7 Å². The van der Waals surface area contributed by atoms with Gasteiger partial charge < -0.3 is 29.6 Å². The number of hydrogen-bond donors (Lipinski definition) is 3. The quantitative estimate of drug-likeness (QED) is 0.200. The van der Waals surface area contributed by atoms with E-state index in [-0.39, 0.29) is 29.5 Å². The SMILES string of the molecule is COCc1nc(N)nc2c1ncn2[C@@H]1O[C@](F)(CO[P@@](=O)(NC(C)C(=O)OC(C)C)Oc2ccccc2)[C@@H](O)[C@@]1(C)F. The molecule has 3 heterocycles. The summed E-state index contributed by atoms with van der Waals surface area (Å²) in [5, 5.41) is 13.2. The molecule has 0 amide bonds. The molecule has 4 rings (SSSR count). The molecule has 1 aromatic carbocycles. The van der Waals surface area contributed by atoms with Crippen LogP contribution in [0, 0.1) is 0 Å². The summed E-state index contributed by atoms with van der Waals surface area (Å²) in [6, 6.07) is 6.51. The molecule has 6 atom stereocenters. The Labute approximate surface area is 240 Å². The van der Waals surface area contributed by atoms with Crippen LogP contribution in [0.4, 0.5) is 14.7 Å². The third kappa shape index (κ3) is 6.53. The van der Waals surface area contributed by atoms with Crippen LogP contribution in [0.5, 0.6) is 5.75 Å². The largest absolute Gasteiger partial charge is 0.462 e. The summed E-state index contributed by atoms with van der Waals surface area (Å²) in [5.74, 6) is -4.16. The molecule has 1 aliphatic heterocycles. The summed E-state index contributed by atoms with van der Waals surface area (Å²) in [7, 11) is -3.15. The second kappa shape index (κ2) is 12.1. The molecule has 1 aliphatic rings. The van der Waals surface area contributed by atoms with Crippen LogP contribution < -0.4 is 15.3 Å². The number of nitrogens with two attached hydrogens (primary N) is 1. The lowest BCUT2D eigenvalue weighted by molar-refractivity contribution is -0.202. The molecular weight excluding hydrogens is 581 g/mol. The van der Waals surface area contributed by atoms with Gasteiger partial charge in [-0.25, -0.2) is 23.3 Å². The number of nitrogens with one attached hydrogen (secondary N) is 1. The summed E-state index contributed by atoms with van der Waals surface area (Å²) >= 11 is 0. The summed E-state index contributed by atoms with van der Waals surface area (Å²) in [6.45, 7) is 4.24. The van der Waals surface area contributed by atoms with Gasteiger partial charge in [-0.05, 0) is 39.8 Å². The van der Waals surface area contributed by atoms with Crippen LogP contribution in [-0.2, 0) is 34.7 Å². The third-order valence-electron chi connectivity index (χ3n) is 6.24. The van der Waals surface area contributed by atoms with Crippen LogP contribution in [-0.4, -0.2) is 74.1 Å². The van der Waals surface area contributed by atoms with Crippen molar-refractivity contribution in [3.8, 4) is 5.75 Å². The first-order chi connectivity index (χ1) is 19.7. The van der Waals surface area contributed by atoms with E-state index < -0.39 is 56.3 Å². The van der Waals surface area contributed by atoms with Crippen molar-refractivity contribution in [1.82, 2.24) is 24.6 Å². The molecule has 2 aromatic heterocycles. The van der Waals surface area contributed by atoms with Gasteiger partial charge in [0.15, 0.2) is 23.6 Å². The number of alkyl halides is 2. The smallest absolute Gasteiger partial charge is 0.459 e. The monoisotopic (exact) mass is 614 g/mol. The molecule has 0 bridgehead atoms. The summed E-state index contributed by atoms with van der Waals surface area (Å²) < 4.78 is 73.5. The van der Waals surface area contributed by atoms with E-state index in [2.05, 4.69) is 20.0 Å². The van der Waals surface area contributed by atoms with Gasteiger partial charge in [0, 0.05) is 7.11 Å². The number of imidazole rings is 1. The lowest BCUT2D eigenvalue weighted by Crippen LogP contribution is -2.47. The van der Waals surface area contributed by atoms with Crippen molar-refractivity contribution in [1.29, 1.82) is 0 Å². The van der Waals surface area contributed by atoms with Gasteiger partial charge in [-0.3, -0.25) is 13.9 Å². The molecule has 3 aromatic rings. The molecule has 0 aliphatic carbocycles. The van der Waals surface area contributed by atoms with Crippen LogP contribution >= 0.6 is 7.75 Å². The normalized spacial score (nSPS) is 26.3. The van der Waals surface area contributed by atoms with Gasteiger partial charge in [-0.15, -0.1) is 0 Å². The van der Waals surface area contributed by atoms with E-state index >= 15 is 8.78 Å². The number of aliphatic hydroxyl groups is 1. The van der Waals surface area contributed by atoms with Crippen LogP contribution in [0.3, 0.4) is 0 Å². The van der Waals surface area contributed by atoms with Gasteiger partial charge in [0.2, 0.25) is 5.95 Å². The zero-order valence-electron chi connectivity index (χ0n) is 23.6. The minimum Gasteiger partial charge on any atom is -0.462 e. The molecule has 1 saturated heterocycles. The van der Waals surface area contributed by atoms with Crippen molar-refractivity contribution in [2.24, 2.45) is 0 Å². The van der Waals surface area contributed by atoms with Gasteiger partial charge in [-0.2, -0.15) is 10.1 Å². The van der Waals surface area contributed by atoms with E-state index in [1.165, 1.54) is 26.2 Å². The molecule has 4 N–H and O–H groups in total. The van der Waals surface area contributed by atoms with E-state index in [4.69, 9.17) is 29.0 Å². The maximum absolute atomic E-state index is 16.2. The number of rotatable bonds is 12. The van der Waals surface area contributed by atoms with Crippen LogP contribution in [0.1, 0.15) is 39.6 Å². The molecular formula is C25H33F2N6O8P. The average molecular weight is 615 g/mol. The molecule has 0 radical (unpaired) electrons. The zero-order valence-corrected chi connectivity index (χ0v) is 24.5. The topological polar surface area (TPSA) is 182 Å². The number of esters is 1. The van der Waals surface area contributed by atoms with E-state index in [0.29, 0.717) is 5.69 Å². The summed E-state index contributed by atoms with van der Waals surface area (Å²) in [4.78, 5) is 24.7. The number of para-hydroxylation sites is 1. The molecule has 1 unspecified atom stereocenters. The van der Waals surface area contributed by atoms with E-state index in [1.807, 2.05) is 0 Å². The third-order valence-corrected chi connectivity index (χ3v) is 7.86. The van der Waals surface area contributed by atoms with Crippen molar-refractivity contribution in [2.75, 3.05) is 19.5 Å². The van der Waals surface area contributed by atoms with E-state index in [0.717, 1.165) is 17.8 Å². The molecule has 0 spiro atoms. The highest BCUT2D eigenvalue weighted by Gasteiger charge is 2.65. The van der Waals surface area contributed by atoms with Gasteiger partial charge >= 0.3 is 13.7 Å². The molecule has 1 fully saturated rings. The Kier molecular flexibility index (Phi) is 9.16. The number of carbonyl (C=O) groups excluding carboxylic acids is 1. The van der Waals surface area contributed by atoms with Crippen molar-refractivity contribution < 1.29 is 46.5 Å². The number of fused-ring (bicyclic) bond motifs is 1. The predicted octanol–water partition coefficient (Wildman–Crippen LogP) is 2.97. The fraction of sp³-hybridized carbons (Fsp3) is 0.520. The van der Waals surface area contributed by atoms with Crippen molar-refractivity contribution in [3.63, 3.8) is 0 Å². The Morgan fingerprint density at radius 1 is 1.26 bits per heavy atom. The number of carbonyl (C=O) groups is 1. The predicted molar refractivity (Wildman–Crippen MR) is 144 cm³/mol. The first-order valence-corrected chi connectivity index (χ1v) is 14.4. The molecule has 230 valence electrons. The highest BCUT2D eigenvalue weighted by molar-refractivity contribution is 7.52. The molecule has 17 heteroatoms. The number of nitrogens with zero attached hydrogens (tertiary/aromatic N) is 4. The molecule has 42 heavy (non-hydrogen) atoms. The van der Waals surface area contributed by atoms with Gasteiger partial charge in [0.1, 0.15) is 23.9 Å². The number of hydrogen-bond acceptors (Lipinski definition) is 12. The Morgan fingerprint density at radius 3 is 2.60 bits per heavy atom. The summed E-state index contributed by atoms with van der Waals surface area (Å²) in [6.07, 6.45) is -3.61. The lowest BCUT2D eigenvalue weighted by Gasteiger charge is -2.28. The van der Waals surface area contributed by atoms with Crippen molar-refractivity contribution in [3.05, 3.63) is 42.4 Å². The van der Waals surface area contributed by atoms with Crippen molar-refractivity contribution >= 4 is 30.8 Å². The second-order valence-electron chi connectivity index (χ2n) is 10.1. The van der Waals surface area contributed by atoms with Crippen molar-refractivity contribution in [2.45, 2.75) is 70.3 Å². The number of anilines is 1. The Morgan fingerprint density at radius 2 is 1.95 bits per heavy atom. The van der Waals surface area contributed by atoms with E-state index in [1.54, 1.807) is 32.0 Å². The number of aliphatic hydroxyl groups excluding tert-OH is 1. The summed E-state index contributed by atoms with van der Waals surface area (Å²) in [5.41, 5.74) is 3.50. The maximum atomic E-state index is 16.2. The number of methoxy groups -OCH3 is 1. The van der Waals surface area contributed by atoms with Crippen LogP contribution in [0.15, 0.2) is 36.7 Å².